The molecule has 1 fully saturated rings. The normalized spacial score (nSPS) is 17.1. The van der Waals surface area contributed by atoms with Crippen molar-refractivity contribution in [3.63, 3.8) is 0 Å². The highest BCUT2D eigenvalue weighted by Gasteiger charge is 2.20. The second-order valence-electron chi connectivity index (χ2n) is 5.04. The zero-order valence-corrected chi connectivity index (χ0v) is 11.1. The first-order valence-electron chi connectivity index (χ1n) is 6.45. The molecule has 0 radical (unpaired) electrons. The molecule has 0 aliphatic heterocycles. The molecule has 0 atom stereocenters. The van der Waals surface area contributed by atoms with Gasteiger partial charge in [0, 0.05) is 24.3 Å². The SMILES string of the molecule is Cc1cc(/C(N)=N/O)ccc1N(C)C1CCCC1. The van der Waals surface area contributed by atoms with Gasteiger partial charge in [0.2, 0.25) is 0 Å². The first-order chi connectivity index (χ1) is 8.63. The molecule has 2 rings (SSSR count). The van der Waals surface area contributed by atoms with E-state index in [0.717, 1.165) is 11.1 Å². The van der Waals surface area contributed by atoms with Crippen LogP contribution in [0.25, 0.3) is 0 Å². The Morgan fingerprint density at radius 3 is 2.61 bits per heavy atom. The summed E-state index contributed by atoms with van der Waals surface area (Å²) in [5, 5.41) is 11.7. The lowest BCUT2D eigenvalue weighted by Crippen LogP contribution is -2.29. The Balaban J connectivity index is 2.23. The van der Waals surface area contributed by atoms with Crippen LogP contribution in [0.5, 0.6) is 0 Å². The summed E-state index contributed by atoms with van der Waals surface area (Å²) in [5.41, 5.74) is 8.75. The molecule has 98 valence electrons. The number of oxime groups is 1. The van der Waals surface area contributed by atoms with Crippen molar-refractivity contribution in [1.82, 2.24) is 0 Å². The fourth-order valence-electron chi connectivity index (χ4n) is 2.76. The van der Waals surface area contributed by atoms with Crippen molar-refractivity contribution < 1.29 is 5.21 Å². The second-order valence-corrected chi connectivity index (χ2v) is 5.04. The van der Waals surface area contributed by atoms with E-state index in [1.54, 1.807) is 0 Å². The molecule has 1 aliphatic carbocycles. The summed E-state index contributed by atoms with van der Waals surface area (Å²) in [6, 6.07) is 6.58. The molecular formula is C14H21N3O. The number of hydrogen-bond acceptors (Lipinski definition) is 3. The van der Waals surface area contributed by atoms with Gasteiger partial charge in [-0.15, -0.1) is 0 Å². The monoisotopic (exact) mass is 247 g/mol. The number of amidine groups is 1. The summed E-state index contributed by atoms with van der Waals surface area (Å²) in [6.07, 6.45) is 5.21. The lowest BCUT2D eigenvalue weighted by molar-refractivity contribution is 0.318. The third kappa shape index (κ3) is 2.42. The first-order valence-corrected chi connectivity index (χ1v) is 6.45. The fraction of sp³-hybridized carbons (Fsp3) is 0.500. The molecule has 4 nitrogen and oxygen atoms in total. The van der Waals surface area contributed by atoms with E-state index in [1.165, 1.54) is 31.4 Å². The summed E-state index contributed by atoms with van der Waals surface area (Å²) < 4.78 is 0. The van der Waals surface area contributed by atoms with Crippen LogP contribution in [0, 0.1) is 6.92 Å². The van der Waals surface area contributed by atoms with E-state index in [0.29, 0.717) is 6.04 Å². The molecule has 0 saturated heterocycles. The van der Waals surface area contributed by atoms with Crippen molar-refractivity contribution in [2.75, 3.05) is 11.9 Å². The van der Waals surface area contributed by atoms with E-state index >= 15 is 0 Å². The highest BCUT2D eigenvalue weighted by molar-refractivity contribution is 5.97. The van der Waals surface area contributed by atoms with Crippen LogP contribution in [-0.4, -0.2) is 24.1 Å². The van der Waals surface area contributed by atoms with Gasteiger partial charge in [-0.25, -0.2) is 0 Å². The van der Waals surface area contributed by atoms with Gasteiger partial charge in [0.25, 0.3) is 0 Å². The molecule has 1 aliphatic rings. The Bertz CT molecular complexity index is 450. The van der Waals surface area contributed by atoms with E-state index in [1.807, 2.05) is 12.1 Å². The predicted octanol–water partition coefficient (Wildman–Crippen LogP) is 2.47. The van der Waals surface area contributed by atoms with Crippen molar-refractivity contribution in [2.45, 2.75) is 38.6 Å². The Kier molecular flexibility index (Phi) is 3.75. The molecule has 0 bridgehead atoms. The smallest absolute Gasteiger partial charge is 0.170 e. The van der Waals surface area contributed by atoms with Crippen molar-refractivity contribution in [3.05, 3.63) is 29.3 Å². The maximum Gasteiger partial charge on any atom is 0.170 e. The highest BCUT2D eigenvalue weighted by atomic mass is 16.4. The number of aryl methyl sites for hydroxylation is 1. The molecule has 3 N–H and O–H groups in total. The van der Waals surface area contributed by atoms with Gasteiger partial charge in [-0.2, -0.15) is 0 Å². The quantitative estimate of drug-likeness (QED) is 0.373. The predicted molar refractivity (Wildman–Crippen MR) is 74.3 cm³/mol. The van der Waals surface area contributed by atoms with Crippen molar-refractivity contribution in [1.29, 1.82) is 0 Å². The fourth-order valence-corrected chi connectivity index (χ4v) is 2.76. The maximum atomic E-state index is 8.68. The Labute approximate surface area is 108 Å². The van der Waals surface area contributed by atoms with Crippen LogP contribution in [0.4, 0.5) is 5.69 Å². The van der Waals surface area contributed by atoms with E-state index < -0.39 is 0 Å². The standard InChI is InChI=1S/C14H21N3O/c1-10-9-11(14(15)16-18)7-8-13(10)17(2)12-5-3-4-6-12/h7-9,12,18H,3-6H2,1-2H3,(H2,15,16). The molecule has 0 amide bonds. The molecule has 0 aromatic heterocycles. The van der Waals surface area contributed by atoms with Gasteiger partial charge in [0.15, 0.2) is 5.84 Å². The van der Waals surface area contributed by atoms with E-state index in [9.17, 15) is 0 Å². The van der Waals surface area contributed by atoms with Crippen LogP contribution in [0.2, 0.25) is 0 Å². The van der Waals surface area contributed by atoms with Crippen LogP contribution in [0.1, 0.15) is 36.8 Å². The molecule has 18 heavy (non-hydrogen) atoms. The molecule has 0 spiro atoms. The van der Waals surface area contributed by atoms with Crippen LogP contribution in [0.3, 0.4) is 0 Å². The summed E-state index contributed by atoms with van der Waals surface area (Å²) in [4.78, 5) is 2.36. The van der Waals surface area contributed by atoms with E-state index in [2.05, 4.69) is 30.1 Å². The minimum Gasteiger partial charge on any atom is -0.409 e. The largest absolute Gasteiger partial charge is 0.409 e. The number of hydrogen-bond donors (Lipinski definition) is 2. The summed E-state index contributed by atoms with van der Waals surface area (Å²) in [5.74, 6) is 0.160. The zero-order chi connectivity index (χ0) is 13.1. The van der Waals surface area contributed by atoms with Crippen molar-refractivity contribution in [3.8, 4) is 0 Å². The summed E-state index contributed by atoms with van der Waals surface area (Å²) in [6.45, 7) is 2.06. The second kappa shape index (κ2) is 5.29. The van der Waals surface area contributed by atoms with Crippen molar-refractivity contribution >= 4 is 11.5 Å². The topological polar surface area (TPSA) is 61.9 Å². The van der Waals surface area contributed by atoms with Gasteiger partial charge in [0.1, 0.15) is 0 Å². The van der Waals surface area contributed by atoms with Crippen LogP contribution in [-0.2, 0) is 0 Å². The van der Waals surface area contributed by atoms with Gasteiger partial charge >= 0.3 is 0 Å². The maximum absolute atomic E-state index is 8.68. The summed E-state index contributed by atoms with van der Waals surface area (Å²) in [7, 11) is 2.15. The number of benzene rings is 1. The third-order valence-corrected chi connectivity index (χ3v) is 3.85. The van der Waals surface area contributed by atoms with Gasteiger partial charge in [-0.3, -0.25) is 0 Å². The Morgan fingerprint density at radius 2 is 2.06 bits per heavy atom. The zero-order valence-electron chi connectivity index (χ0n) is 11.1. The molecule has 0 unspecified atom stereocenters. The van der Waals surface area contributed by atoms with Crippen molar-refractivity contribution in [2.24, 2.45) is 10.9 Å². The highest BCUT2D eigenvalue weighted by Crippen LogP contribution is 2.29. The van der Waals surface area contributed by atoms with E-state index in [-0.39, 0.29) is 5.84 Å². The molecule has 4 heteroatoms. The third-order valence-electron chi connectivity index (χ3n) is 3.85. The van der Waals surface area contributed by atoms with Crippen LogP contribution >= 0.6 is 0 Å². The molecule has 1 aromatic carbocycles. The lowest BCUT2D eigenvalue weighted by Gasteiger charge is -2.28. The summed E-state index contributed by atoms with van der Waals surface area (Å²) >= 11 is 0. The lowest BCUT2D eigenvalue weighted by atomic mass is 10.1. The minimum absolute atomic E-state index is 0.160. The van der Waals surface area contributed by atoms with E-state index in [4.69, 9.17) is 10.9 Å². The Morgan fingerprint density at radius 1 is 1.39 bits per heavy atom. The van der Waals surface area contributed by atoms with Gasteiger partial charge < -0.3 is 15.8 Å². The number of rotatable bonds is 3. The number of nitrogens with two attached hydrogens (primary N) is 1. The molecule has 0 heterocycles. The van der Waals surface area contributed by atoms with Gasteiger partial charge in [-0.05, 0) is 43.5 Å². The average molecular weight is 247 g/mol. The van der Waals surface area contributed by atoms with Crippen LogP contribution < -0.4 is 10.6 Å². The number of nitrogens with zero attached hydrogens (tertiary/aromatic N) is 2. The molecule has 1 aromatic rings. The van der Waals surface area contributed by atoms with Crippen LogP contribution in [0.15, 0.2) is 23.4 Å². The Hall–Kier alpha value is -1.71. The molecule has 1 saturated carbocycles. The minimum atomic E-state index is 0.160. The average Bonchev–Trinajstić information content (AvgIpc) is 2.90. The van der Waals surface area contributed by atoms with Gasteiger partial charge in [-0.1, -0.05) is 18.0 Å². The first kappa shape index (κ1) is 12.7. The van der Waals surface area contributed by atoms with Gasteiger partial charge in [0.05, 0.1) is 0 Å². The molecular weight excluding hydrogens is 226 g/mol. The number of anilines is 1.